The Balaban J connectivity index is 0.000000212. The number of imidazole rings is 1. The molecule has 2 amide bonds. The van der Waals surface area contributed by atoms with Crippen molar-refractivity contribution in [3.05, 3.63) is 28.7 Å². The Morgan fingerprint density at radius 1 is 0.946 bits per heavy atom. The van der Waals surface area contributed by atoms with E-state index in [9.17, 15) is 19.5 Å². The maximum Gasteiger partial charge on any atom is 0.329 e. The maximum atomic E-state index is 12.8. The third-order valence-corrected chi connectivity index (χ3v) is 8.38. The molecule has 3 N–H and O–H groups in total. The molecule has 0 bridgehead atoms. The Bertz CT molecular complexity index is 1170. The van der Waals surface area contributed by atoms with Crippen LogP contribution in [0.5, 0.6) is 0 Å². The van der Waals surface area contributed by atoms with Crippen molar-refractivity contribution >= 4 is 28.5 Å². The van der Waals surface area contributed by atoms with Gasteiger partial charge in [-0.05, 0) is 56.2 Å². The first-order chi connectivity index (χ1) is 17.9. The van der Waals surface area contributed by atoms with Crippen LogP contribution in [-0.4, -0.2) is 82.9 Å². The molecule has 0 radical (unpaired) electrons. The predicted molar refractivity (Wildman–Crippen MR) is 143 cm³/mol. The normalized spacial score (nSPS) is 23.9. The second-order valence-electron chi connectivity index (χ2n) is 10.9. The Kier molecular flexibility index (Phi) is 7.97. The van der Waals surface area contributed by atoms with Gasteiger partial charge in [0.05, 0.1) is 17.1 Å². The van der Waals surface area contributed by atoms with Crippen molar-refractivity contribution in [1.29, 1.82) is 0 Å². The van der Waals surface area contributed by atoms with E-state index >= 15 is 0 Å². The van der Waals surface area contributed by atoms with Crippen LogP contribution in [0.2, 0.25) is 0 Å². The van der Waals surface area contributed by atoms with E-state index in [2.05, 4.69) is 20.4 Å². The second kappa shape index (κ2) is 11.4. The van der Waals surface area contributed by atoms with Crippen LogP contribution in [0, 0.1) is 5.92 Å². The number of aryl methyl sites for hydroxylation is 1. The van der Waals surface area contributed by atoms with Gasteiger partial charge in [0.25, 0.3) is 0 Å². The number of hydrogen-bond donors (Lipinski definition) is 3. The number of carbonyl (C=O) groups excluding carboxylic acids is 2. The van der Waals surface area contributed by atoms with E-state index in [4.69, 9.17) is 0 Å². The summed E-state index contributed by atoms with van der Waals surface area (Å²) in [6, 6.07) is 5.10. The molecule has 1 aliphatic carbocycles. The van der Waals surface area contributed by atoms with Crippen LogP contribution in [0.4, 0.5) is 5.69 Å². The first kappa shape index (κ1) is 25.9. The van der Waals surface area contributed by atoms with Gasteiger partial charge < -0.3 is 20.2 Å². The largest absolute Gasteiger partial charge is 0.393 e. The van der Waals surface area contributed by atoms with Crippen molar-refractivity contribution < 1.29 is 14.7 Å². The van der Waals surface area contributed by atoms with Crippen molar-refractivity contribution in [1.82, 2.24) is 24.7 Å². The minimum Gasteiger partial charge on any atom is -0.393 e. The lowest BCUT2D eigenvalue weighted by Crippen LogP contribution is -2.46. The van der Waals surface area contributed by atoms with Crippen molar-refractivity contribution in [2.24, 2.45) is 13.0 Å². The first-order valence-electron chi connectivity index (χ1n) is 13.8. The molecule has 1 unspecified atom stereocenters. The predicted octanol–water partition coefficient (Wildman–Crippen LogP) is 0.971. The smallest absolute Gasteiger partial charge is 0.329 e. The summed E-state index contributed by atoms with van der Waals surface area (Å²) in [6.07, 6.45) is 6.24. The van der Waals surface area contributed by atoms with Gasteiger partial charge in [-0.25, -0.2) is 4.79 Å². The van der Waals surface area contributed by atoms with Crippen molar-refractivity contribution in [3.63, 3.8) is 0 Å². The molecule has 4 heterocycles. The zero-order valence-corrected chi connectivity index (χ0v) is 21.8. The van der Waals surface area contributed by atoms with Gasteiger partial charge in [-0.1, -0.05) is 6.42 Å². The second-order valence-corrected chi connectivity index (χ2v) is 10.9. The summed E-state index contributed by atoms with van der Waals surface area (Å²) in [5.74, 6) is 0.326. The number of piperidine rings is 2. The fourth-order valence-corrected chi connectivity index (χ4v) is 5.84. The third kappa shape index (κ3) is 5.76. The quantitative estimate of drug-likeness (QED) is 0.524. The van der Waals surface area contributed by atoms with Gasteiger partial charge in [0.2, 0.25) is 11.8 Å². The number of benzene rings is 1. The SMILES string of the molecule is C1CC(CN2CCNCC2)C1.Cn1c(=O)n(C2CCC(=O)NC2=O)c2ccc(N3CCC(O)CC3)cc21. The zero-order valence-electron chi connectivity index (χ0n) is 21.8. The van der Waals surface area contributed by atoms with E-state index in [1.165, 1.54) is 56.6 Å². The van der Waals surface area contributed by atoms with Crippen molar-refractivity contribution in [3.8, 4) is 0 Å². The minimum absolute atomic E-state index is 0.230. The summed E-state index contributed by atoms with van der Waals surface area (Å²) >= 11 is 0. The van der Waals surface area contributed by atoms with Crippen LogP contribution < -0.4 is 21.2 Å². The lowest BCUT2D eigenvalue weighted by Gasteiger charge is -2.34. The Morgan fingerprint density at radius 2 is 1.68 bits per heavy atom. The number of rotatable bonds is 4. The molecule has 10 heteroatoms. The molecule has 202 valence electrons. The lowest BCUT2D eigenvalue weighted by molar-refractivity contribution is -0.135. The maximum absolute atomic E-state index is 12.8. The third-order valence-electron chi connectivity index (χ3n) is 8.38. The van der Waals surface area contributed by atoms with E-state index in [0.717, 1.165) is 43.1 Å². The average molecular weight is 513 g/mol. The van der Waals surface area contributed by atoms with Gasteiger partial charge in [0, 0.05) is 65.0 Å². The number of imide groups is 1. The summed E-state index contributed by atoms with van der Waals surface area (Å²) in [5.41, 5.74) is 2.18. The standard InChI is InChI=1S/C18H22N4O4.C9H18N2/c1-20-15-10-11(21-8-6-12(23)7-9-21)2-3-13(15)22(18(20)26)14-4-5-16(24)19-17(14)25;1-2-9(3-1)8-11-6-4-10-5-7-11/h2-3,10,12,14,23H,4-9H2,1H3,(H,19,24,25);9-10H,1-8H2. The summed E-state index contributed by atoms with van der Waals surface area (Å²) in [7, 11) is 1.69. The molecule has 1 aromatic carbocycles. The number of aliphatic hydroxyl groups excluding tert-OH is 1. The summed E-state index contributed by atoms with van der Waals surface area (Å²) < 4.78 is 3.03. The molecule has 0 spiro atoms. The molecular formula is C27H40N6O4. The van der Waals surface area contributed by atoms with E-state index in [1.54, 1.807) is 11.6 Å². The van der Waals surface area contributed by atoms with Gasteiger partial charge in [0.15, 0.2) is 0 Å². The number of fused-ring (bicyclic) bond motifs is 1. The van der Waals surface area contributed by atoms with Gasteiger partial charge in [0.1, 0.15) is 6.04 Å². The summed E-state index contributed by atoms with van der Waals surface area (Å²) in [4.78, 5) is 41.2. The van der Waals surface area contributed by atoms with E-state index in [-0.39, 0.29) is 24.1 Å². The number of aromatic nitrogens is 2. The van der Waals surface area contributed by atoms with Crippen LogP contribution in [-0.2, 0) is 16.6 Å². The van der Waals surface area contributed by atoms with Crippen LogP contribution in [0.15, 0.2) is 23.0 Å². The van der Waals surface area contributed by atoms with Crippen LogP contribution in [0.1, 0.15) is 51.0 Å². The molecule has 2 aromatic rings. The van der Waals surface area contributed by atoms with Gasteiger partial charge in [-0.15, -0.1) is 0 Å². The number of piperazine rings is 1. The highest BCUT2D eigenvalue weighted by Gasteiger charge is 2.31. The molecule has 4 fully saturated rings. The molecule has 1 saturated carbocycles. The number of hydrogen-bond acceptors (Lipinski definition) is 7. The highest BCUT2D eigenvalue weighted by atomic mass is 16.3. The average Bonchev–Trinajstić information content (AvgIpc) is 3.12. The molecule has 3 aliphatic heterocycles. The number of aliphatic hydroxyl groups is 1. The Labute approximate surface area is 217 Å². The van der Waals surface area contributed by atoms with E-state index in [0.29, 0.717) is 11.9 Å². The molecule has 10 nitrogen and oxygen atoms in total. The zero-order chi connectivity index (χ0) is 25.9. The Morgan fingerprint density at radius 3 is 2.32 bits per heavy atom. The molecular weight excluding hydrogens is 472 g/mol. The molecule has 1 aromatic heterocycles. The monoisotopic (exact) mass is 512 g/mol. The van der Waals surface area contributed by atoms with Crippen molar-refractivity contribution in [2.75, 3.05) is 50.7 Å². The highest BCUT2D eigenvalue weighted by Crippen LogP contribution is 2.28. The van der Waals surface area contributed by atoms with Gasteiger partial charge >= 0.3 is 5.69 Å². The van der Waals surface area contributed by atoms with Crippen LogP contribution in [0.3, 0.4) is 0 Å². The minimum atomic E-state index is -0.667. The van der Waals surface area contributed by atoms with E-state index in [1.807, 2.05) is 18.2 Å². The van der Waals surface area contributed by atoms with E-state index < -0.39 is 11.9 Å². The fraction of sp³-hybridized carbons (Fsp3) is 0.667. The Hall–Kier alpha value is -2.69. The summed E-state index contributed by atoms with van der Waals surface area (Å²) in [5, 5.41) is 15.4. The summed E-state index contributed by atoms with van der Waals surface area (Å²) in [6.45, 7) is 7.87. The molecule has 37 heavy (non-hydrogen) atoms. The molecule has 6 rings (SSSR count). The van der Waals surface area contributed by atoms with Crippen molar-refractivity contribution in [2.45, 2.75) is 57.1 Å². The van der Waals surface area contributed by atoms with Gasteiger partial charge in [-0.3, -0.25) is 24.0 Å². The molecule has 1 atom stereocenters. The topological polar surface area (TPSA) is 112 Å². The number of amides is 2. The number of nitrogens with zero attached hydrogens (tertiary/aromatic N) is 4. The first-order valence-corrected chi connectivity index (χ1v) is 13.8. The molecule has 4 aliphatic rings. The fourth-order valence-electron chi connectivity index (χ4n) is 5.84. The lowest BCUT2D eigenvalue weighted by atomic mass is 9.85. The number of carbonyl (C=O) groups is 2. The number of nitrogens with one attached hydrogen (secondary N) is 2. The van der Waals surface area contributed by atoms with Crippen LogP contribution >= 0.6 is 0 Å². The van der Waals surface area contributed by atoms with Gasteiger partial charge in [-0.2, -0.15) is 0 Å². The van der Waals surface area contributed by atoms with Crippen LogP contribution in [0.25, 0.3) is 11.0 Å². The molecule has 3 saturated heterocycles. The number of anilines is 1. The highest BCUT2D eigenvalue weighted by molar-refractivity contribution is 6.00.